The molecule has 0 heterocycles. The zero-order valence-corrected chi connectivity index (χ0v) is 13.2. The van der Waals surface area contributed by atoms with Gasteiger partial charge >= 0.3 is 0 Å². The number of halogens is 1. The first-order chi connectivity index (χ1) is 9.17. The van der Waals surface area contributed by atoms with Crippen molar-refractivity contribution < 1.29 is 9.47 Å². The van der Waals surface area contributed by atoms with Gasteiger partial charge in [-0.3, -0.25) is 5.43 Å². The highest BCUT2D eigenvalue weighted by Gasteiger charge is 1.99. The molecule has 19 heavy (non-hydrogen) atoms. The zero-order chi connectivity index (χ0) is 14.1. The van der Waals surface area contributed by atoms with Crippen LogP contribution in [0.1, 0.15) is 5.56 Å². The monoisotopic (exact) mass is 345 g/mol. The number of hydrazone groups is 1. The zero-order valence-electron chi connectivity index (χ0n) is 10.8. The molecule has 0 amide bonds. The summed E-state index contributed by atoms with van der Waals surface area (Å²) >= 11 is 8.44. The van der Waals surface area contributed by atoms with Gasteiger partial charge in [-0.1, -0.05) is 0 Å². The fourth-order valence-electron chi connectivity index (χ4n) is 1.23. The second kappa shape index (κ2) is 8.84. The lowest BCUT2D eigenvalue weighted by atomic mass is 10.2. The second-order valence-electron chi connectivity index (χ2n) is 3.51. The maximum absolute atomic E-state index is 5.15. The van der Waals surface area contributed by atoms with E-state index in [0.717, 1.165) is 15.8 Å². The summed E-state index contributed by atoms with van der Waals surface area (Å²) in [5.41, 5.74) is 3.66. The maximum Gasteiger partial charge on any atom is 0.187 e. The topological polar surface area (TPSA) is 54.9 Å². The van der Waals surface area contributed by atoms with E-state index in [4.69, 9.17) is 21.7 Å². The van der Waals surface area contributed by atoms with Gasteiger partial charge in [0.15, 0.2) is 5.11 Å². The lowest BCUT2D eigenvalue weighted by Crippen LogP contribution is -2.34. The first-order valence-electron chi connectivity index (χ1n) is 5.56. The molecule has 1 rings (SSSR count). The Morgan fingerprint density at radius 2 is 2.26 bits per heavy atom. The van der Waals surface area contributed by atoms with Crippen molar-refractivity contribution in [1.82, 2.24) is 10.7 Å². The highest BCUT2D eigenvalue weighted by Crippen LogP contribution is 2.24. The number of hydrogen-bond acceptors (Lipinski definition) is 4. The number of benzene rings is 1. The quantitative estimate of drug-likeness (QED) is 0.357. The van der Waals surface area contributed by atoms with Crippen molar-refractivity contribution in [2.75, 3.05) is 27.4 Å². The number of ether oxygens (including phenoxy) is 2. The van der Waals surface area contributed by atoms with Crippen molar-refractivity contribution >= 4 is 39.5 Å². The molecule has 0 bridgehead atoms. The van der Waals surface area contributed by atoms with Gasteiger partial charge in [0.1, 0.15) is 5.75 Å². The normalized spacial score (nSPS) is 10.5. The van der Waals surface area contributed by atoms with Gasteiger partial charge in [-0.05, 0) is 51.9 Å². The molecule has 2 N–H and O–H groups in total. The molecular weight excluding hydrogens is 330 g/mol. The van der Waals surface area contributed by atoms with Gasteiger partial charge in [-0.15, -0.1) is 0 Å². The van der Waals surface area contributed by atoms with E-state index in [9.17, 15) is 0 Å². The van der Waals surface area contributed by atoms with Gasteiger partial charge in [0.2, 0.25) is 0 Å². The second-order valence-corrected chi connectivity index (χ2v) is 4.78. The summed E-state index contributed by atoms with van der Waals surface area (Å²) in [6.07, 6.45) is 1.68. The number of hydrogen-bond donors (Lipinski definition) is 2. The van der Waals surface area contributed by atoms with Gasteiger partial charge in [0.25, 0.3) is 0 Å². The third-order valence-corrected chi connectivity index (χ3v) is 3.00. The third kappa shape index (κ3) is 6.00. The van der Waals surface area contributed by atoms with E-state index in [-0.39, 0.29) is 0 Å². The van der Waals surface area contributed by atoms with Crippen LogP contribution in [0.25, 0.3) is 0 Å². The van der Waals surface area contributed by atoms with Crippen molar-refractivity contribution in [2.45, 2.75) is 0 Å². The molecule has 1 aromatic rings. The average molecular weight is 346 g/mol. The van der Waals surface area contributed by atoms with Crippen LogP contribution < -0.4 is 15.5 Å². The van der Waals surface area contributed by atoms with E-state index in [1.165, 1.54) is 0 Å². The smallest absolute Gasteiger partial charge is 0.187 e. The first-order valence-corrected chi connectivity index (χ1v) is 6.77. The summed E-state index contributed by atoms with van der Waals surface area (Å²) < 4.78 is 10.9. The summed E-state index contributed by atoms with van der Waals surface area (Å²) in [7, 11) is 3.26. The minimum atomic E-state index is 0.459. The number of thiocarbonyl (C=S) groups is 1. The Morgan fingerprint density at radius 3 is 2.89 bits per heavy atom. The number of rotatable bonds is 6. The summed E-state index contributed by atoms with van der Waals surface area (Å²) in [5, 5.41) is 7.45. The summed E-state index contributed by atoms with van der Waals surface area (Å²) in [6, 6.07) is 5.67. The molecule has 0 aliphatic carbocycles. The molecule has 7 heteroatoms. The molecule has 0 atom stereocenters. The van der Waals surface area contributed by atoms with Crippen LogP contribution in [0.3, 0.4) is 0 Å². The minimum Gasteiger partial charge on any atom is -0.496 e. The fourth-order valence-corrected chi connectivity index (χ4v) is 1.95. The van der Waals surface area contributed by atoms with E-state index < -0.39 is 0 Å². The SMILES string of the molecule is COCCNC(=S)N/N=C\c1ccc(OC)c(Br)c1. The van der Waals surface area contributed by atoms with Crippen LogP contribution >= 0.6 is 28.1 Å². The predicted octanol–water partition coefficient (Wildman–Crippen LogP) is 1.90. The van der Waals surface area contributed by atoms with E-state index in [2.05, 4.69) is 31.8 Å². The number of nitrogens with zero attached hydrogens (tertiary/aromatic N) is 1. The van der Waals surface area contributed by atoms with E-state index >= 15 is 0 Å². The van der Waals surface area contributed by atoms with Crippen LogP contribution in [0.5, 0.6) is 5.75 Å². The van der Waals surface area contributed by atoms with Crippen LogP contribution in [0.4, 0.5) is 0 Å². The molecule has 0 aliphatic rings. The molecule has 0 aliphatic heterocycles. The lowest BCUT2D eigenvalue weighted by Gasteiger charge is -2.06. The maximum atomic E-state index is 5.15. The fraction of sp³-hybridized carbons (Fsp3) is 0.333. The van der Waals surface area contributed by atoms with Crippen molar-refractivity contribution in [3.05, 3.63) is 28.2 Å². The van der Waals surface area contributed by atoms with Gasteiger partial charge in [0, 0.05) is 13.7 Å². The largest absolute Gasteiger partial charge is 0.496 e. The van der Waals surface area contributed by atoms with Gasteiger partial charge in [0.05, 0.1) is 24.4 Å². The Hall–Kier alpha value is -1.18. The van der Waals surface area contributed by atoms with Crippen molar-refractivity contribution in [2.24, 2.45) is 5.10 Å². The predicted molar refractivity (Wildman–Crippen MR) is 83.9 cm³/mol. The molecule has 0 unspecified atom stereocenters. The molecule has 0 saturated carbocycles. The molecule has 0 radical (unpaired) electrons. The number of nitrogens with one attached hydrogen (secondary N) is 2. The standard InChI is InChI=1S/C12H16BrN3O2S/c1-17-6-5-14-12(19)16-15-8-9-3-4-11(18-2)10(13)7-9/h3-4,7-8H,5-6H2,1-2H3,(H2,14,16,19)/b15-8-. The van der Waals surface area contributed by atoms with Crippen molar-refractivity contribution in [1.29, 1.82) is 0 Å². The molecule has 104 valence electrons. The summed E-state index contributed by atoms with van der Waals surface area (Å²) in [5.74, 6) is 0.780. The Morgan fingerprint density at radius 1 is 1.47 bits per heavy atom. The Labute approximate surface area is 126 Å². The van der Waals surface area contributed by atoms with E-state index in [1.54, 1.807) is 20.4 Å². The first kappa shape index (κ1) is 15.9. The van der Waals surface area contributed by atoms with E-state index in [1.807, 2.05) is 18.2 Å². The van der Waals surface area contributed by atoms with Gasteiger partial charge in [-0.2, -0.15) is 5.10 Å². The highest BCUT2D eigenvalue weighted by atomic mass is 79.9. The van der Waals surface area contributed by atoms with E-state index in [0.29, 0.717) is 18.3 Å². The van der Waals surface area contributed by atoms with Crippen molar-refractivity contribution in [3.8, 4) is 5.75 Å². The van der Waals surface area contributed by atoms with Crippen LogP contribution in [-0.4, -0.2) is 38.7 Å². The minimum absolute atomic E-state index is 0.459. The van der Waals surface area contributed by atoms with Crippen LogP contribution in [-0.2, 0) is 4.74 Å². The Kier molecular flexibility index (Phi) is 7.39. The summed E-state index contributed by atoms with van der Waals surface area (Å²) in [4.78, 5) is 0. The summed E-state index contributed by atoms with van der Waals surface area (Å²) in [6.45, 7) is 1.24. The van der Waals surface area contributed by atoms with Crippen molar-refractivity contribution in [3.63, 3.8) is 0 Å². The molecule has 0 spiro atoms. The highest BCUT2D eigenvalue weighted by molar-refractivity contribution is 9.10. The van der Waals surface area contributed by atoms with Crippen LogP contribution in [0.2, 0.25) is 0 Å². The van der Waals surface area contributed by atoms with Gasteiger partial charge in [-0.25, -0.2) is 0 Å². The molecule has 5 nitrogen and oxygen atoms in total. The van der Waals surface area contributed by atoms with Crippen LogP contribution in [0, 0.1) is 0 Å². The Balaban J connectivity index is 2.44. The lowest BCUT2D eigenvalue weighted by molar-refractivity contribution is 0.204. The third-order valence-electron chi connectivity index (χ3n) is 2.15. The molecule has 0 fully saturated rings. The number of methoxy groups -OCH3 is 2. The van der Waals surface area contributed by atoms with Gasteiger partial charge < -0.3 is 14.8 Å². The molecule has 0 aromatic heterocycles. The Bertz CT molecular complexity index is 455. The molecule has 1 aromatic carbocycles. The average Bonchev–Trinajstić information content (AvgIpc) is 2.39. The molecular formula is C12H16BrN3O2S. The van der Waals surface area contributed by atoms with Crippen LogP contribution in [0.15, 0.2) is 27.8 Å². The molecule has 0 saturated heterocycles.